The second kappa shape index (κ2) is 10.8. The molecule has 1 atom stereocenters. The fourth-order valence-electron chi connectivity index (χ4n) is 4.21. The van der Waals surface area contributed by atoms with Crippen molar-refractivity contribution in [2.75, 3.05) is 30.8 Å². The first kappa shape index (κ1) is 25.2. The molecular formula is C25H27N9O3. The molecule has 1 saturated heterocycles. The van der Waals surface area contributed by atoms with Gasteiger partial charge in [-0.25, -0.2) is 4.98 Å². The molecule has 2 amide bonds. The number of aryl methyl sites for hydroxylation is 1. The number of carbonyl (C=O) groups is 2. The maximum absolute atomic E-state index is 12.1. The Kier molecular flexibility index (Phi) is 7.34. The Bertz CT molecular complexity index is 1390. The minimum atomic E-state index is -0.706. The number of anilines is 4. The van der Waals surface area contributed by atoms with Gasteiger partial charge in [0.1, 0.15) is 17.1 Å². The van der Waals surface area contributed by atoms with Crippen LogP contribution in [0.1, 0.15) is 40.4 Å². The minimum Gasteiger partial charge on any atom is -0.495 e. The van der Waals surface area contributed by atoms with Crippen molar-refractivity contribution in [1.82, 2.24) is 24.6 Å². The van der Waals surface area contributed by atoms with Gasteiger partial charge in [0, 0.05) is 31.5 Å². The third kappa shape index (κ3) is 5.51. The molecule has 0 spiro atoms. The number of piperidine rings is 1. The van der Waals surface area contributed by atoms with Gasteiger partial charge in [-0.2, -0.15) is 15.3 Å². The van der Waals surface area contributed by atoms with E-state index in [4.69, 9.17) is 10.5 Å². The summed E-state index contributed by atoms with van der Waals surface area (Å²) in [4.78, 5) is 34.5. The van der Waals surface area contributed by atoms with Crippen molar-refractivity contribution in [1.29, 1.82) is 5.26 Å². The molecule has 4 N–H and O–H groups in total. The first-order valence-electron chi connectivity index (χ1n) is 11.6. The third-order valence-electron chi connectivity index (χ3n) is 6.06. The van der Waals surface area contributed by atoms with Crippen molar-refractivity contribution in [2.24, 2.45) is 5.73 Å². The average molecular weight is 502 g/mol. The number of rotatable bonds is 8. The number of ether oxygens (including phenoxy) is 1. The molecule has 0 saturated carbocycles. The fraction of sp³-hybridized carbons (Fsp3) is 0.280. The first-order valence-corrected chi connectivity index (χ1v) is 11.6. The number of carbonyl (C=O) groups excluding carboxylic acids is 2. The number of likely N-dealkylation sites (tertiary alicyclic amines) is 1. The Morgan fingerprint density at radius 2 is 2.14 bits per heavy atom. The van der Waals surface area contributed by atoms with Crippen LogP contribution < -0.4 is 21.1 Å². The Morgan fingerprint density at radius 1 is 1.32 bits per heavy atom. The van der Waals surface area contributed by atoms with Crippen LogP contribution >= 0.6 is 0 Å². The molecule has 3 heterocycles. The molecular weight excluding hydrogens is 474 g/mol. The first-order chi connectivity index (χ1) is 17.8. The molecule has 1 fully saturated rings. The predicted octanol–water partition coefficient (Wildman–Crippen LogP) is 2.80. The van der Waals surface area contributed by atoms with Crippen LogP contribution in [0.15, 0.2) is 43.4 Å². The highest BCUT2D eigenvalue weighted by Crippen LogP contribution is 2.33. The lowest BCUT2D eigenvalue weighted by Gasteiger charge is -2.32. The Labute approximate surface area is 213 Å². The summed E-state index contributed by atoms with van der Waals surface area (Å²) in [6.45, 7) is 6.62. The van der Waals surface area contributed by atoms with Crippen LogP contribution in [0.2, 0.25) is 0 Å². The van der Waals surface area contributed by atoms with E-state index in [9.17, 15) is 14.9 Å². The molecule has 2 aromatic heterocycles. The molecule has 0 radical (unpaired) electrons. The van der Waals surface area contributed by atoms with Crippen molar-refractivity contribution in [2.45, 2.75) is 25.8 Å². The van der Waals surface area contributed by atoms with E-state index in [2.05, 4.69) is 38.3 Å². The lowest BCUT2D eigenvalue weighted by atomic mass is 10.1. The van der Waals surface area contributed by atoms with Crippen molar-refractivity contribution in [3.05, 3.63) is 60.1 Å². The number of nitriles is 1. The Hall–Kier alpha value is -4.92. The summed E-state index contributed by atoms with van der Waals surface area (Å²) in [6.07, 6.45) is 7.88. The smallest absolute Gasteiger partial charge is 0.254 e. The summed E-state index contributed by atoms with van der Waals surface area (Å²) in [5.41, 5.74) is 7.97. The standard InChI is InChI=1S/C25H27N9O3/c1-4-21(35)33-7-5-6-18(14-33)34-13-17(11-29-34)30-25-28-12-19(23(27)36)24(32-25)31-22-15(2)8-16(10-26)9-20(22)37-3/h4,8-9,11-13,18H,1,5-7,14H2,2-3H3,(H2,27,36)(H2,28,30,31,32). The topological polar surface area (TPSA) is 164 Å². The maximum Gasteiger partial charge on any atom is 0.254 e. The van der Waals surface area contributed by atoms with Gasteiger partial charge in [-0.1, -0.05) is 6.58 Å². The van der Waals surface area contributed by atoms with Crippen LogP contribution in [0.25, 0.3) is 0 Å². The predicted molar refractivity (Wildman–Crippen MR) is 137 cm³/mol. The molecule has 0 aliphatic carbocycles. The number of benzene rings is 1. The van der Waals surface area contributed by atoms with Gasteiger partial charge < -0.3 is 26.0 Å². The highest BCUT2D eigenvalue weighted by atomic mass is 16.5. The second-order valence-electron chi connectivity index (χ2n) is 8.55. The molecule has 1 unspecified atom stereocenters. The molecule has 4 rings (SSSR count). The fourth-order valence-corrected chi connectivity index (χ4v) is 4.21. The summed E-state index contributed by atoms with van der Waals surface area (Å²) in [7, 11) is 1.49. The lowest BCUT2D eigenvalue weighted by molar-refractivity contribution is -0.127. The van der Waals surface area contributed by atoms with Gasteiger partial charge in [0.15, 0.2) is 0 Å². The van der Waals surface area contributed by atoms with E-state index >= 15 is 0 Å². The van der Waals surface area contributed by atoms with Crippen molar-refractivity contribution in [3.8, 4) is 11.8 Å². The van der Waals surface area contributed by atoms with Crippen LogP contribution in [-0.4, -0.2) is 56.7 Å². The Balaban J connectivity index is 1.57. The van der Waals surface area contributed by atoms with Gasteiger partial charge in [-0.3, -0.25) is 14.3 Å². The molecule has 1 aliphatic heterocycles. The molecule has 1 aliphatic rings. The van der Waals surface area contributed by atoms with E-state index < -0.39 is 5.91 Å². The monoisotopic (exact) mass is 501 g/mol. The van der Waals surface area contributed by atoms with Crippen LogP contribution in [0, 0.1) is 18.3 Å². The van der Waals surface area contributed by atoms with Gasteiger partial charge in [0.25, 0.3) is 5.91 Å². The van der Waals surface area contributed by atoms with Crippen molar-refractivity contribution < 1.29 is 14.3 Å². The molecule has 37 heavy (non-hydrogen) atoms. The van der Waals surface area contributed by atoms with Gasteiger partial charge >= 0.3 is 0 Å². The van der Waals surface area contributed by atoms with E-state index in [0.29, 0.717) is 35.8 Å². The van der Waals surface area contributed by atoms with Crippen LogP contribution in [0.5, 0.6) is 5.75 Å². The SMILES string of the molecule is C=CC(=O)N1CCCC(n2cc(Nc3ncc(C(N)=O)c(Nc4c(C)cc(C#N)cc4OC)n3)cn2)C1. The van der Waals surface area contributed by atoms with Crippen molar-refractivity contribution in [3.63, 3.8) is 0 Å². The summed E-state index contributed by atoms with van der Waals surface area (Å²) in [6, 6.07) is 5.40. The number of amides is 2. The number of nitrogens with one attached hydrogen (secondary N) is 2. The molecule has 0 bridgehead atoms. The van der Waals surface area contributed by atoms with Gasteiger partial charge in [-0.05, 0) is 37.5 Å². The number of nitrogens with two attached hydrogens (primary N) is 1. The van der Waals surface area contributed by atoms with E-state index in [0.717, 1.165) is 18.4 Å². The van der Waals surface area contributed by atoms with E-state index in [1.807, 2.05) is 10.9 Å². The summed E-state index contributed by atoms with van der Waals surface area (Å²) >= 11 is 0. The van der Waals surface area contributed by atoms with Crippen LogP contribution in [0.3, 0.4) is 0 Å². The van der Waals surface area contributed by atoms with Gasteiger partial charge in [-0.15, -0.1) is 0 Å². The lowest BCUT2D eigenvalue weighted by Crippen LogP contribution is -2.39. The molecule has 1 aromatic carbocycles. The molecule has 190 valence electrons. The van der Waals surface area contributed by atoms with E-state index in [1.165, 1.54) is 19.4 Å². The average Bonchev–Trinajstić information content (AvgIpc) is 3.37. The van der Waals surface area contributed by atoms with Crippen LogP contribution in [-0.2, 0) is 4.79 Å². The number of primary amides is 1. The number of methoxy groups -OCH3 is 1. The highest BCUT2D eigenvalue weighted by Gasteiger charge is 2.24. The van der Waals surface area contributed by atoms with E-state index in [-0.39, 0.29) is 29.3 Å². The summed E-state index contributed by atoms with van der Waals surface area (Å²) in [5, 5.41) is 19.9. The van der Waals surface area contributed by atoms with Gasteiger partial charge in [0.05, 0.1) is 42.4 Å². The van der Waals surface area contributed by atoms with Crippen LogP contribution in [0.4, 0.5) is 23.1 Å². The Morgan fingerprint density at radius 3 is 2.84 bits per heavy atom. The maximum atomic E-state index is 12.1. The molecule has 12 nitrogen and oxygen atoms in total. The highest BCUT2D eigenvalue weighted by molar-refractivity contribution is 5.98. The number of hydrogen-bond donors (Lipinski definition) is 3. The van der Waals surface area contributed by atoms with E-state index in [1.54, 1.807) is 30.2 Å². The molecule has 12 heteroatoms. The summed E-state index contributed by atoms with van der Waals surface area (Å²) in [5.74, 6) is 0.00646. The zero-order valence-corrected chi connectivity index (χ0v) is 20.6. The number of nitrogens with zero attached hydrogens (tertiary/aromatic N) is 6. The van der Waals surface area contributed by atoms with Gasteiger partial charge in [0.2, 0.25) is 11.9 Å². The zero-order valence-electron chi connectivity index (χ0n) is 20.6. The second-order valence-corrected chi connectivity index (χ2v) is 8.55. The molecule has 3 aromatic rings. The minimum absolute atomic E-state index is 0.0374. The zero-order chi connectivity index (χ0) is 26.5. The third-order valence-corrected chi connectivity index (χ3v) is 6.06. The summed E-state index contributed by atoms with van der Waals surface area (Å²) < 4.78 is 7.24. The number of hydrogen-bond acceptors (Lipinski definition) is 9. The number of aromatic nitrogens is 4. The quantitative estimate of drug-likeness (QED) is 0.394. The largest absolute Gasteiger partial charge is 0.495 e. The van der Waals surface area contributed by atoms with Crippen molar-refractivity contribution >= 4 is 35.0 Å². The normalized spacial score (nSPS) is 14.9.